The van der Waals surface area contributed by atoms with E-state index < -0.39 is 0 Å². The van der Waals surface area contributed by atoms with Gasteiger partial charge in [0.1, 0.15) is 0 Å². The molecule has 0 saturated heterocycles. The Bertz CT molecular complexity index is 1220. The van der Waals surface area contributed by atoms with Crippen molar-refractivity contribution < 1.29 is 9.13 Å². The molecule has 0 aliphatic rings. The molecule has 0 unspecified atom stereocenters. The molecule has 0 fully saturated rings. The van der Waals surface area contributed by atoms with Crippen molar-refractivity contribution in [2.75, 3.05) is 0 Å². The van der Waals surface area contributed by atoms with Gasteiger partial charge in [-0.3, -0.25) is 4.98 Å². The maximum absolute atomic E-state index is 9.64. The molecular formula is C23H20N4+2. The molecule has 0 bridgehead atoms. The second kappa shape index (κ2) is 6.62. The van der Waals surface area contributed by atoms with Gasteiger partial charge in [0.2, 0.25) is 22.6 Å². The van der Waals surface area contributed by atoms with E-state index in [1.54, 1.807) is 6.20 Å². The zero-order valence-electron chi connectivity index (χ0n) is 15.6. The van der Waals surface area contributed by atoms with Crippen molar-refractivity contribution in [3.8, 4) is 17.4 Å². The Labute approximate surface area is 158 Å². The van der Waals surface area contributed by atoms with E-state index >= 15 is 0 Å². The van der Waals surface area contributed by atoms with E-state index in [2.05, 4.69) is 58.3 Å². The zero-order valence-corrected chi connectivity index (χ0v) is 15.6. The minimum absolute atomic E-state index is 0.633. The smallest absolute Gasteiger partial charge is 0.222 e. The second-order valence-corrected chi connectivity index (χ2v) is 6.71. The Morgan fingerprint density at radius 2 is 1.70 bits per heavy atom. The number of hydrogen-bond donors (Lipinski definition) is 0. The summed E-state index contributed by atoms with van der Waals surface area (Å²) in [4.78, 5) is 4.19. The molecule has 2 aromatic heterocycles. The van der Waals surface area contributed by atoms with Crippen LogP contribution in [-0.2, 0) is 0 Å². The molecule has 4 nitrogen and oxygen atoms in total. The third kappa shape index (κ3) is 2.84. The lowest BCUT2D eigenvalue weighted by molar-refractivity contribution is -0.606. The predicted octanol–water partition coefficient (Wildman–Crippen LogP) is 3.59. The number of para-hydroxylation sites is 1. The summed E-state index contributed by atoms with van der Waals surface area (Å²) in [5.74, 6) is 0. The summed E-state index contributed by atoms with van der Waals surface area (Å²) in [6.45, 7) is 6.21. The maximum Gasteiger partial charge on any atom is 0.222 e. The number of nitrogens with zero attached hydrogens (tertiary/aromatic N) is 4. The van der Waals surface area contributed by atoms with E-state index in [0.717, 1.165) is 33.8 Å². The predicted molar refractivity (Wildman–Crippen MR) is 104 cm³/mol. The van der Waals surface area contributed by atoms with Crippen molar-refractivity contribution in [2.45, 2.75) is 20.8 Å². The summed E-state index contributed by atoms with van der Waals surface area (Å²) in [5, 5.41) is 10.8. The molecule has 2 aromatic carbocycles. The number of aromatic nitrogens is 3. The highest BCUT2D eigenvalue weighted by Gasteiger charge is 2.25. The van der Waals surface area contributed by atoms with E-state index in [9.17, 15) is 5.26 Å². The van der Waals surface area contributed by atoms with Crippen LogP contribution in [0.2, 0.25) is 0 Å². The van der Waals surface area contributed by atoms with E-state index in [1.807, 2.05) is 43.6 Å². The Kier molecular flexibility index (Phi) is 4.13. The first-order valence-corrected chi connectivity index (χ1v) is 8.88. The molecular weight excluding hydrogens is 332 g/mol. The van der Waals surface area contributed by atoms with Crippen LogP contribution < -0.4 is 9.13 Å². The number of nitriles is 1. The monoisotopic (exact) mass is 352 g/mol. The Morgan fingerprint density at radius 3 is 2.48 bits per heavy atom. The van der Waals surface area contributed by atoms with Crippen LogP contribution in [0.3, 0.4) is 0 Å². The molecule has 0 saturated carbocycles. The standard InChI is InChI=1S/C23H20N4/c1-16-8-9-20-6-4-5-7-21(20)27(16)23-13-19(14-24)12-22(18(23)3)26-11-10-25-15-17(26)2/h4-13,15H,1-3H3/q+2. The van der Waals surface area contributed by atoms with E-state index in [-0.39, 0.29) is 0 Å². The second-order valence-electron chi connectivity index (χ2n) is 6.71. The number of aryl methyl sites for hydroxylation is 2. The van der Waals surface area contributed by atoms with Gasteiger partial charge in [-0.2, -0.15) is 14.4 Å². The summed E-state index contributed by atoms with van der Waals surface area (Å²) >= 11 is 0. The van der Waals surface area contributed by atoms with Crippen molar-refractivity contribution >= 4 is 10.9 Å². The van der Waals surface area contributed by atoms with Crippen LogP contribution in [0.5, 0.6) is 0 Å². The number of rotatable bonds is 2. The normalized spacial score (nSPS) is 10.7. The molecule has 0 aliphatic carbocycles. The summed E-state index contributed by atoms with van der Waals surface area (Å²) in [6.07, 6.45) is 5.53. The van der Waals surface area contributed by atoms with Gasteiger partial charge >= 0.3 is 0 Å². The van der Waals surface area contributed by atoms with Crippen molar-refractivity contribution in [3.63, 3.8) is 0 Å². The van der Waals surface area contributed by atoms with Crippen LogP contribution in [0, 0.1) is 32.1 Å². The molecule has 0 N–H and O–H groups in total. The molecule has 0 aliphatic heterocycles. The summed E-state index contributed by atoms with van der Waals surface area (Å²) in [7, 11) is 0. The first-order chi connectivity index (χ1) is 13.1. The van der Waals surface area contributed by atoms with Crippen LogP contribution in [0.1, 0.15) is 22.5 Å². The van der Waals surface area contributed by atoms with Gasteiger partial charge in [0.25, 0.3) is 0 Å². The quantitative estimate of drug-likeness (QED) is 0.518. The SMILES string of the molecule is Cc1c(-[n+]2ccncc2C)cc(C#N)cc1-[n+]1c(C)ccc2ccccc21. The van der Waals surface area contributed by atoms with Gasteiger partial charge < -0.3 is 0 Å². The molecule has 4 heteroatoms. The van der Waals surface area contributed by atoms with Gasteiger partial charge in [0.05, 0.1) is 29.6 Å². The lowest BCUT2D eigenvalue weighted by Crippen LogP contribution is -2.40. The summed E-state index contributed by atoms with van der Waals surface area (Å²) < 4.78 is 4.31. The van der Waals surface area contributed by atoms with Gasteiger partial charge in [0, 0.05) is 43.5 Å². The van der Waals surface area contributed by atoms with E-state index in [1.165, 1.54) is 5.39 Å². The Hall–Kier alpha value is -3.58. The summed E-state index contributed by atoms with van der Waals surface area (Å²) in [5.41, 5.74) is 7.01. The van der Waals surface area contributed by atoms with Crippen molar-refractivity contribution in [3.05, 3.63) is 89.6 Å². The average Bonchev–Trinajstić information content (AvgIpc) is 2.69. The Balaban J connectivity index is 2.10. The molecule has 0 spiro atoms. The molecule has 2 heterocycles. The van der Waals surface area contributed by atoms with Crippen LogP contribution in [0.25, 0.3) is 22.3 Å². The number of pyridine rings is 1. The highest BCUT2D eigenvalue weighted by molar-refractivity contribution is 5.76. The molecule has 130 valence electrons. The fourth-order valence-corrected chi connectivity index (χ4v) is 3.56. The van der Waals surface area contributed by atoms with Crippen LogP contribution in [0.15, 0.2) is 67.1 Å². The Morgan fingerprint density at radius 1 is 0.926 bits per heavy atom. The topological polar surface area (TPSA) is 44.4 Å². The minimum Gasteiger partial charge on any atom is -0.252 e. The van der Waals surface area contributed by atoms with E-state index in [4.69, 9.17) is 0 Å². The van der Waals surface area contributed by atoms with Crippen molar-refractivity contribution in [1.29, 1.82) is 5.26 Å². The first-order valence-electron chi connectivity index (χ1n) is 8.88. The van der Waals surface area contributed by atoms with Crippen molar-refractivity contribution in [1.82, 2.24) is 4.98 Å². The lowest BCUT2D eigenvalue weighted by Gasteiger charge is -2.09. The number of benzene rings is 2. The summed E-state index contributed by atoms with van der Waals surface area (Å²) in [6, 6.07) is 18.8. The van der Waals surface area contributed by atoms with Gasteiger partial charge in [0.15, 0.2) is 11.9 Å². The molecule has 4 aromatic rings. The van der Waals surface area contributed by atoms with Crippen LogP contribution >= 0.6 is 0 Å². The zero-order chi connectivity index (χ0) is 19.0. The fraction of sp³-hybridized carbons (Fsp3) is 0.130. The van der Waals surface area contributed by atoms with Gasteiger partial charge in [-0.05, 0) is 19.1 Å². The number of fused-ring (bicyclic) bond motifs is 1. The van der Waals surface area contributed by atoms with Gasteiger partial charge in [-0.1, -0.05) is 12.1 Å². The molecule has 4 rings (SSSR count). The fourth-order valence-electron chi connectivity index (χ4n) is 3.56. The largest absolute Gasteiger partial charge is 0.252 e. The van der Waals surface area contributed by atoms with Crippen LogP contribution in [0.4, 0.5) is 0 Å². The molecule has 27 heavy (non-hydrogen) atoms. The third-order valence-corrected chi connectivity index (χ3v) is 4.96. The highest BCUT2D eigenvalue weighted by atomic mass is 15.0. The minimum atomic E-state index is 0.633. The third-order valence-electron chi connectivity index (χ3n) is 4.96. The van der Waals surface area contributed by atoms with Gasteiger partial charge in [-0.15, -0.1) is 0 Å². The van der Waals surface area contributed by atoms with E-state index in [0.29, 0.717) is 5.56 Å². The molecule has 0 amide bonds. The number of hydrogen-bond acceptors (Lipinski definition) is 2. The molecule has 0 radical (unpaired) electrons. The lowest BCUT2D eigenvalue weighted by atomic mass is 10.1. The van der Waals surface area contributed by atoms with Crippen LogP contribution in [-0.4, -0.2) is 4.98 Å². The first kappa shape index (κ1) is 16.9. The van der Waals surface area contributed by atoms with Crippen molar-refractivity contribution in [2.24, 2.45) is 0 Å². The highest BCUT2D eigenvalue weighted by Crippen LogP contribution is 2.21. The average molecular weight is 352 g/mol. The molecule has 0 atom stereocenters. The van der Waals surface area contributed by atoms with Gasteiger partial charge in [-0.25, -0.2) is 0 Å². The maximum atomic E-state index is 9.64.